The summed E-state index contributed by atoms with van der Waals surface area (Å²) in [5.41, 5.74) is -0.740. The Bertz CT molecular complexity index is 232. The second-order valence-corrected chi connectivity index (χ2v) is 5.45. The molecule has 82 valence electrons. The van der Waals surface area contributed by atoms with Gasteiger partial charge in [0.25, 0.3) is 0 Å². The van der Waals surface area contributed by atoms with Crippen LogP contribution in [0.2, 0.25) is 0 Å². The van der Waals surface area contributed by atoms with Crippen LogP contribution in [0.1, 0.15) is 34.6 Å². The van der Waals surface area contributed by atoms with E-state index < -0.39 is 0 Å². The van der Waals surface area contributed by atoms with Gasteiger partial charge in [0.1, 0.15) is 5.60 Å². The summed E-state index contributed by atoms with van der Waals surface area (Å²) in [7, 11) is 0. The lowest BCUT2D eigenvalue weighted by molar-refractivity contribution is -0.167. The Labute approximate surface area is 86.2 Å². The van der Waals surface area contributed by atoms with Gasteiger partial charge >= 0.3 is 5.97 Å². The molecule has 1 aliphatic heterocycles. The molecule has 1 aliphatic rings. The Morgan fingerprint density at radius 1 is 1.50 bits per heavy atom. The zero-order chi connectivity index (χ0) is 11.0. The van der Waals surface area contributed by atoms with Crippen LogP contribution in [-0.4, -0.2) is 24.7 Å². The maximum absolute atomic E-state index is 11.9. The number of rotatable bonds is 1. The third-order valence-electron chi connectivity index (χ3n) is 2.90. The van der Waals surface area contributed by atoms with E-state index in [1.165, 1.54) is 0 Å². The summed E-state index contributed by atoms with van der Waals surface area (Å²) in [6.07, 6.45) is 0. The van der Waals surface area contributed by atoms with E-state index in [0.717, 1.165) is 13.1 Å². The fourth-order valence-electron chi connectivity index (χ4n) is 1.62. The number of hydrogen-bond donors (Lipinski definition) is 1. The molecule has 0 bridgehead atoms. The van der Waals surface area contributed by atoms with Crippen LogP contribution in [0.4, 0.5) is 0 Å². The number of hydrogen-bond acceptors (Lipinski definition) is 3. The molecule has 0 saturated carbocycles. The van der Waals surface area contributed by atoms with Gasteiger partial charge in [-0.3, -0.25) is 4.79 Å². The van der Waals surface area contributed by atoms with E-state index in [1.54, 1.807) is 0 Å². The highest BCUT2D eigenvalue weighted by atomic mass is 16.6. The van der Waals surface area contributed by atoms with Gasteiger partial charge in [-0.2, -0.15) is 0 Å². The van der Waals surface area contributed by atoms with Gasteiger partial charge in [0.15, 0.2) is 0 Å². The van der Waals surface area contributed by atoms with Gasteiger partial charge in [0.2, 0.25) is 0 Å². The van der Waals surface area contributed by atoms with Crippen molar-refractivity contribution in [3.05, 3.63) is 0 Å². The molecule has 0 spiro atoms. The van der Waals surface area contributed by atoms with Crippen LogP contribution >= 0.6 is 0 Å². The highest BCUT2D eigenvalue weighted by Crippen LogP contribution is 2.33. The topological polar surface area (TPSA) is 38.3 Å². The summed E-state index contributed by atoms with van der Waals surface area (Å²) in [6, 6.07) is 0. The van der Waals surface area contributed by atoms with Crippen LogP contribution in [0.3, 0.4) is 0 Å². The minimum atomic E-state index is -0.387. The number of esters is 1. The summed E-state index contributed by atoms with van der Waals surface area (Å²) < 4.78 is 5.42. The highest BCUT2D eigenvalue weighted by Gasteiger charge is 2.45. The van der Waals surface area contributed by atoms with Crippen molar-refractivity contribution in [2.75, 3.05) is 13.1 Å². The Kier molecular flexibility index (Phi) is 2.91. The normalized spacial score (nSPS) is 33.1. The second-order valence-electron chi connectivity index (χ2n) is 5.45. The fraction of sp³-hybridized carbons (Fsp3) is 0.909. The van der Waals surface area contributed by atoms with Crippen LogP contribution in [0, 0.1) is 11.3 Å². The summed E-state index contributed by atoms with van der Waals surface area (Å²) in [6.45, 7) is 11.4. The third-order valence-corrected chi connectivity index (χ3v) is 2.90. The zero-order valence-corrected chi connectivity index (χ0v) is 9.81. The van der Waals surface area contributed by atoms with Crippen LogP contribution in [0.25, 0.3) is 0 Å². The Morgan fingerprint density at radius 2 is 2.07 bits per heavy atom. The molecule has 0 aromatic carbocycles. The summed E-state index contributed by atoms with van der Waals surface area (Å²) in [4.78, 5) is 11.9. The second kappa shape index (κ2) is 3.54. The molecule has 0 radical (unpaired) electrons. The minimum absolute atomic E-state index is 0.0810. The highest BCUT2D eigenvalue weighted by molar-refractivity contribution is 5.78. The minimum Gasteiger partial charge on any atom is -0.460 e. The predicted octanol–water partition coefficient (Wildman–Crippen LogP) is 1.57. The van der Waals surface area contributed by atoms with Gasteiger partial charge in [-0.15, -0.1) is 0 Å². The van der Waals surface area contributed by atoms with Crippen molar-refractivity contribution in [1.29, 1.82) is 0 Å². The van der Waals surface area contributed by atoms with Gasteiger partial charge in [-0.25, -0.2) is 0 Å². The Hall–Kier alpha value is -0.570. The fourth-order valence-corrected chi connectivity index (χ4v) is 1.62. The molecule has 1 rings (SSSR count). The molecule has 0 amide bonds. The summed E-state index contributed by atoms with van der Waals surface area (Å²) >= 11 is 0. The number of nitrogens with one attached hydrogen (secondary N) is 1. The maximum Gasteiger partial charge on any atom is 0.313 e. The molecular weight excluding hydrogens is 178 g/mol. The van der Waals surface area contributed by atoms with Crippen LogP contribution < -0.4 is 5.32 Å². The molecular formula is C11H21NO2. The molecule has 0 aromatic rings. The lowest BCUT2D eigenvalue weighted by atomic mass is 9.81. The van der Waals surface area contributed by atoms with Crippen molar-refractivity contribution in [3.8, 4) is 0 Å². The van der Waals surface area contributed by atoms with E-state index in [9.17, 15) is 4.79 Å². The molecule has 2 atom stereocenters. The first-order chi connectivity index (χ1) is 6.26. The van der Waals surface area contributed by atoms with E-state index in [0.29, 0.717) is 5.92 Å². The van der Waals surface area contributed by atoms with E-state index in [-0.39, 0.29) is 17.0 Å². The molecule has 1 saturated heterocycles. The average Bonchev–Trinajstić information content (AvgIpc) is 2.30. The Balaban J connectivity index is 2.68. The van der Waals surface area contributed by atoms with Crippen molar-refractivity contribution in [2.24, 2.45) is 11.3 Å². The number of carbonyl (C=O) groups is 1. The largest absolute Gasteiger partial charge is 0.460 e. The SMILES string of the molecule is C[C@@H]1CNC[C@@]1(C)C(=O)OC(C)(C)C. The third kappa shape index (κ3) is 2.27. The molecule has 3 nitrogen and oxygen atoms in total. The van der Waals surface area contributed by atoms with Crippen LogP contribution in [0.15, 0.2) is 0 Å². The molecule has 1 fully saturated rings. The van der Waals surface area contributed by atoms with E-state index >= 15 is 0 Å². The molecule has 0 aliphatic carbocycles. The van der Waals surface area contributed by atoms with Crippen molar-refractivity contribution >= 4 is 5.97 Å². The van der Waals surface area contributed by atoms with Crippen molar-refractivity contribution < 1.29 is 9.53 Å². The first-order valence-corrected chi connectivity index (χ1v) is 5.20. The van der Waals surface area contributed by atoms with Gasteiger partial charge < -0.3 is 10.1 Å². The zero-order valence-electron chi connectivity index (χ0n) is 9.81. The molecule has 3 heteroatoms. The van der Waals surface area contributed by atoms with E-state index in [2.05, 4.69) is 12.2 Å². The van der Waals surface area contributed by atoms with Crippen LogP contribution in [-0.2, 0) is 9.53 Å². The predicted molar refractivity (Wildman–Crippen MR) is 56.0 cm³/mol. The maximum atomic E-state index is 11.9. The monoisotopic (exact) mass is 199 g/mol. The standard InChI is InChI=1S/C11H21NO2/c1-8-6-12-7-11(8,5)9(13)14-10(2,3)4/h8,12H,6-7H2,1-5H3/t8-,11-/m1/s1. The quantitative estimate of drug-likeness (QED) is 0.651. The average molecular weight is 199 g/mol. The van der Waals surface area contributed by atoms with Gasteiger partial charge in [0, 0.05) is 6.54 Å². The number of ether oxygens (including phenoxy) is 1. The lowest BCUT2D eigenvalue weighted by Gasteiger charge is -2.30. The Morgan fingerprint density at radius 3 is 2.43 bits per heavy atom. The smallest absolute Gasteiger partial charge is 0.313 e. The van der Waals surface area contributed by atoms with Gasteiger partial charge in [0.05, 0.1) is 5.41 Å². The molecule has 1 N–H and O–H groups in total. The first kappa shape index (κ1) is 11.5. The van der Waals surface area contributed by atoms with Crippen molar-refractivity contribution in [2.45, 2.75) is 40.2 Å². The van der Waals surface area contributed by atoms with E-state index in [1.807, 2.05) is 27.7 Å². The lowest BCUT2D eigenvalue weighted by Crippen LogP contribution is -2.40. The van der Waals surface area contributed by atoms with Gasteiger partial charge in [-0.05, 0) is 40.2 Å². The van der Waals surface area contributed by atoms with Crippen molar-refractivity contribution in [3.63, 3.8) is 0 Å². The molecule has 0 unspecified atom stereocenters. The van der Waals surface area contributed by atoms with Gasteiger partial charge in [-0.1, -0.05) is 6.92 Å². The summed E-state index contributed by atoms with van der Waals surface area (Å²) in [5.74, 6) is 0.264. The first-order valence-electron chi connectivity index (χ1n) is 5.20. The van der Waals surface area contributed by atoms with Crippen LogP contribution in [0.5, 0.6) is 0 Å². The molecule has 14 heavy (non-hydrogen) atoms. The molecule has 1 heterocycles. The molecule has 0 aromatic heterocycles. The van der Waals surface area contributed by atoms with E-state index in [4.69, 9.17) is 4.74 Å². The number of carbonyl (C=O) groups excluding carboxylic acids is 1. The summed E-state index contributed by atoms with van der Waals surface area (Å²) in [5, 5.41) is 3.23. The van der Waals surface area contributed by atoms with Crippen molar-refractivity contribution in [1.82, 2.24) is 5.32 Å².